The third-order valence-corrected chi connectivity index (χ3v) is 4.16. The normalized spacial score (nSPS) is 15.0. The molecular formula is C18H22N4O2. The second-order valence-corrected chi connectivity index (χ2v) is 5.75. The number of nitrogens with zero attached hydrogens (tertiary/aromatic N) is 2. The van der Waals surface area contributed by atoms with Gasteiger partial charge in [-0.1, -0.05) is 18.2 Å². The minimum absolute atomic E-state index is 0.166. The molecule has 0 aliphatic carbocycles. The number of urea groups is 1. The van der Waals surface area contributed by atoms with Crippen LogP contribution < -0.4 is 20.3 Å². The lowest BCUT2D eigenvalue weighted by Crippen LogP contribution is -2.46. The molecule has 0 spiro atoms. The Labute approximate surface area is 141 Å². The number of pyridine rings is 1. The Hall–Kier alpha value is -2.76. The highest BCUT2D eigenvalue weighted by molar-refractivity contribution is 5.91. The van der Waals surface area contributed by atoms with E-state index in [0.29, 0.717) is 11.4 Å². The van der Waals surface area contributed by atoms with Gasteiger partial charge in [0.15, 0.2) is 0 Å². The molecular weight excluding hydrogens is 304 g/mol. The standard InChI is InChI=1S/C18H22N4O2/c1-24-16-7-3-2-6-15(16)21-18(23)20-14-9-12-22(13-10-14)17-8-4-5-11-19-17/h2-8,11,14H,9-10,12-13H2,1H3,(H2,20,21,23). The first kappa shape index (κ1) is 16.1. The van der Waals surface area contributed by atoms with Gasteiger partial charge in [-0.2, -0.15) is 0 Å². The molecule has 1 aromatic heterocycles. The van der Waals surface area contributed by atoms with Crippen LogP contribution in [-0.4, -0.2) is 37.3 Å². The van der Waals surface area contributed by atoms with Gasteiger partial charge in [-0.25, -0.2) is 9.78 Å². The zero-order valence-corrected chi connectivity index (χ0v) is 13.7. The van der Waals surface area contributed by atoms with E-state index in [2.05, 4.69) is 20.5 Å². The number of hydrogen-bond acceptors (Lipinski definition) is 4. The third-order valence-electron chi connectivity index (χ3n) is 4.16. The summed E-state index contributed by atoms with van der Waals surface area (Å²) in [5.74, 6) is 1.65. The quantitative estimate of drug-likeness (QED) is 0.907. The van der Waals surface area contributed by atoms with E-state index in [9.17, 15) is 4.79 Å². The average molecular weight is 326 g/mol. The van der Waals surface area contributed by atoms with Gasteiger partial charge < -0.3 is 20.3 Å². The lowest BCUT2D eigenvalue weighted by Gasteiger charge is -2.33. The van der Waals surface area contributed by atoms with E-state index < -0.39 is 0 Å². The van der Waals surface area contributed by atoms with Crippen molar-refractivity contribution in [1.82, 2.24) is 10.3 Å². The smallest absolute Gasteiger partial charge is 0.319 e. The van der Waals surface area contributed by atoms with Crippen LogP contribution in [0.1, 0.15) is 12.8 Å². The molecule has 6 nitrogen and oxygen atoms in total. The van der Waals surface area contributed by atoms with Crippen LogP contribution in [-0.2, 0) is 0 Å². The maximum atomic E-state index is 12.2. The number of anilines is 2. The SMILES string of the molecule is COc1ccccc1NC(=O)NC1CCN(c2ccccn2)CC1. The molecule has 2 aromatic rings. The van der Waals surface area contributed by atoms with Crippen molar-refractivity contribution in [2.45, 2.75) is 18.9 Å². The third kappa shape index (κ3) is 3.95. The second kappa shape index (κ2) is 7.68. The largest absolute Gasteiger partial charge is 0.495 e. The molecule has 1 aromatic carbocycles. The molecule has 2 N–H and O–H groups in total. The van der Waals surface area contributed by atoms with Crippen LogP contribution in [0.15, 0.2) is 48.7 Å². The number of aromatic nitrogens is 1. The fourth-order valence-corrected chi connectivity index (χ4v) is 2.89. The Kier molecular flexibility index (Phi) is 5.15. The number of carbonyl (C=O) groups excluding carboxylic acids is 1. The van der Waals surface area contributed by atoms with Crippen LogP contribution >= 0.6 is 0 Å². The van der Waals surface area contributed by atoms with Crippen molar-refractivity contribution in [2.75, 3.05) is 30.4 Å². The van der Waals surface area contributed by atoms with Crippen LogP contribution in [0.4, 0.5) is 16.3 Å². The van der Waals surface area contributed by atoms with Crippen LogP contribution in [0, 0.1) is 0 Å². The number of rotatable bonds is 4. The highest BCUT2D eigenvalue weighted by Crippen LogP contribution is 2.23. The number of benzene rings is 1. The number of amides is 2. The Morgan fingerprint density at radius 2 is 1.92 bits per heavy atom. The first-order valence-corrected chi connectivity index (χ1v) is 8.13. The number of ether oxygens (including phenoxy) is 1. The first-order valence-electron chi connectivity index (χ1n) is 8.13. The average Bonchev–Trinajstić information content (AvgIpc) is 2.63. The molecule has 126 valence electrons. The van der Waals surface area contributed by atoms with Crippen LogP contribution in [0.2, 0.25) is 0 Å². The summed E-state index contributed by atoms with van der Waals surface area (Å²) in [5.41, 5.74) is 0.670. The molecule has 0 unspecified atom stereocenters. The summed E-state index contributed by atoms with van der Waals surface area (Å²) in [4.78, 5) is 18.8. The Bertz CT molecular complexity index is 670. The van der Waals surface area contributed by atoms with Gasteiger partial charge in [0.1, 0.15) is 11.6 Å². The summed E-state index contributed by atoms with van der Waals surface area (Å²) in [6.07, 6.45) is 3.60. The van der Waals surface area contributed by atoms with Gasteiger partial charge in [-0.05, 0) is 37.1 Å². The van der Waals surface area contributed by atoms with Crippen molar-refractivity contribution >= 4 is 17.5 Å². The Balaban J connectivity index is 1.50. The van der Waals surface area contributed by atoms with Crippen molar-refractivity contribution in [3.8, 4) is 5.75 Å². The summed E-state index contributed by atoms with van der Waals surface area (Å²) in [7, 11) is 1.59. The number of nitrogens with one attached hydrogen (secondary N) is 2. The molecule has 1 fully saturated rings. The van der Waals surface area contributed by atoms with Gasteiger partial charge >= 0.3 is 6.03 Å². The molecule has 1 aliphatic rings. The fourth-order valence-electron chi connectivity index (χ4n) is 2.89. The Morgan fingerprint density at radius 1 is 1.17 bits per heavy atom. The topological polar surface area (TPSA) is 66.5 Å². The second-order valence-electron chi connectivity index (χ2n) is 5.75. The highest BCUT2D eigenvalue weighted by atomic mass is 16.5. The molecule has 6 heteroatoms. The van der Waals surface area contributed by atoms with Gasteiger partial charge in [-0.15, -0.1) is 0 Å². The molecule has 0 saturated carbocycles. The summed E-state index contributed by atoms with van der Waals surface area (Å²) < 4.78 is 5.24. The Morgan fingerprint density at radius 3 is 2.62 bits per heavy atom. The van der Waals surface area contributed by atoms with Gasteiger partial charge in [0.05, 0.1) is 12.8 Å². The maximum Gasteiger partial charge on any atom is 0.319 e. The predicted octanol–water partition coefficient (Wildman–Crippen LogP) is 2.88. The molecule has 1 saturated heterocycles. The van der Waals surface area contributed by atoms with E-state index in [1.807, 2.05) is 42.5 Å². The van der Waals surface area contributed by atoms with E-state index >= 15 is 0 Å². The van der Waals surface area contributed by atoms with E-state index in [-0.39, 0.29) is 12.1 Å². The minimum Gasteiger partial charge on any atom is -0.495 e. The van der Waals surface area contributed by atoms with E-state index in [1.54, 1.807) is 13.3 Å². The molecule has 2 heterocycles. The van der Waals surface area contributed by atoms with E-state index in [1.165, 1.54) is 0 Å². The number of hydrogen-bond donors (Lipinski definition) is 2. The zero-order valence-electron chi connectivity index (χ0n) is 13.7. The van der Waals surface area contributed by atoms with Crippen LogP contribution in [0.3, 0.4) is 0 Å². The van der Waals surface area contributed by atoms with Crippen molar-refractivity contribution < 1.29 is 9.53 Å². The zero-order chi connectivity index (χ0) is 16.8. The number of methoxy groups -OCH3 is 1. The molecule has 0 bridgehead atoms. The summed E-state index contributed by atoms with van der Waals surface area (Å²) in [5, 5.41) is 5.89. The van der Waals surface area contributed by atoms with Crippen molar-refractivity contribution in [1.29, 1.82) is 0 Å². The predicted molar refractivity (Wildman–Crippen MR) is 94.6 cm³/mol. The summed E-state index contributed by atoms with van der Waals surface area (Å²) in [6.45, 7) is 1.77. The lowest BCUT2D eigenvalue weighted by molar-refractivity contribution is 0.246. The summed E-state index contributed by atoms with van der Waals surface area (Å²) >= 11 is 0. The summed E-state index contributed by atoms with van der Waals surface area (Å²) in [6, 6.07) is 13.3. The number of carbonyl (C=O) groups is 1. The molecule has 24 heavy (non-hydrogen) atoms. The maximum absolute atomic E-state index is 12.2. The first-order chi connectivity index (χ1) is 11.8. The van der Waals surface area contributed by atoms with Gasteiger partial charge in [0.25, 0.3) is 0 Å². The van der Waals surface area contributed by atoms with Gasteiger partial charge in [0, 0.05) is 25.3 Å². The molecule has 3 rings (SSSR count). The molecule has 2 amide bonds. The fraction of sp³-hybridized carbons (Fsp3) is 0.333. The highest BCUT2D eigenvalue weighted by Gasteiger charge is 2.21. The van der Waals surface area contributed by atoms with Crippen LogP contribution in [0.5, 0.6) is 5.75 Å². The monoisotopic (exact) mass is 326 g/mol. The van der Waals surface area contributed by atoms with E-state index in [4.69, 9.17) is 4.74 Å². The van der Waals surface area contributed by atoms with Crippen molar-refractivity contribution in [2.24, 2.45) is 0 Å². The van der Waals surface area contributed by atoms with Gasteiger partial charge in [-0.3, -0.25) is 0 Å². The van der Waals surface area contributed by atoms with Crippen LogP contribution in [0.25, 0.3) is 0 Å². The molecule has 0 radical (unpaired) electrons. The number of para-hydroxylation sites is 2. The minimum atomic E-state index is -0.198. The number of piperidine rings is 1. The van der Waals surface area contributed by atoms with Crippen molar-refractivity contribution in [3.05, 3.63) is 48.7 Å². The van der Waals surface area contributed by atoms with E-state index in [0.717, 1.165) is 31.7 Å². The molecule has 0 atom stereocenters. The lowest BCUT2D eigenvalue weighted by atomic mass is 10.1. The van der Waals surface area contributed by atoms with Gasteiger partial charge in [0.2, 0.25) is 0 Å². The van der Waals surface area contributed by atoms with Crippen molar-refractivity contribution in [3.63, 3.8) is 0 Å². The molecule has 1 aliphatic heterocycles.